The summed E-state index contributed by atoms with van der Waals surface area (Å²) < 4.78 is 0. The number of thioether (sulfide) groups is 1. The van der Waals surface area contributed by atoms with Gasteiger partial charge in [-0.15, -0.1) is 0 Å². The Kier molecular flexibility index (Phi) is 12.7. The predicted octanol–water partition coefficient (Wildman–Crippen LogP) is 5.52. The lowest BCUT2D eigenvalue weighted by Crippen LogP contribution is -1.92. The van der Waals surface area contributed by atoms with Crippen molar-refractivity contribution >= 4 is 11.8 Å². The molecule has 15 heavy (non-hydrogen) atoms. The molecule has 0 nitrogen and oxygen atoms in total. The van der Waals surface area contributed by atoms with Gasteiger partial charge in [-0.05, 0) is 30.3 Å². The zero-order chi connectivity index (χ0) is 11.4. The van der Waals surface area contributed by atoms with Crippen LogP contribution in [0.4, 0.5) is 0 Å². The highest BCUT2D eigenvalue weighted by Gasteiger charge is 1.97. The van der Waals surface area contributed by atoms with Gasteiger partial charge in [0.15, 0.2) is 0 Å². The maximum absolute atomic E-state index is 2.38. The molecule has 0 spiro atoms. The highest BCUT2D eigenvalue weighted by molar-refractivity contribution is 7.99. The molecule has 0 heterocycles. The molecular weight excluding hydrogens is 200 g/mol. The molecule has 0 rings (SSSR count). The van der Waals surface area contributed by atoms with E-state index in [1.54, 1.807) is 0 Å². The van der Waals surface area contributed by atoms with E-state index in [1.165, 1.54) is 62.9 Å². The lowest BCUT2D eigenvalue weighted by Gasteiger charge is -2.07. The number of hydrogen-bond donors (Lipinski definition) is 0. The first kappa shape index (κ1) is 15.3. The van der Waals surface area contributed by atoms with Crippen LogP contribution in [0.3, 0.4) is 0 Å². The summed E-state index contributed by atoms with van der Waals surface area (Å²) in [5.41, 5.74) is 0. The third-order valence-electron chi connectivity index (χ3n) is 3.07. The molecule has 0 fully saturated rings. The van der Waals surface area contributed by atoms with Crippen LogP contribution in [0.25, 0.3) is 0 Å². The molecule has 0 aliphatic carbocycles. The fourth-order valence-electron chi connectivity index (χ4n) is 1.60. The van der Waals surface area contributed by atoms with Crippen LogP contribution in [0.15, 0.2) is 0 Å². The average Bonchev–Trinajstić information content (AvgIpc) is 2.26. The van der Waals surface area contributed by atoms with Crippen molar-refractivity contribution in [3.63, 3.8) is 0 Å². The third-order valence-corrected chi connectivity index (χ3v) is 4.23. The summed E-state index contributed by atoms with van der Waals surface area (Å²) in [7, 11) is 0. The minimum atomic E-state index is 0.948. The molecule has 0 aromatic rings. The van der Waals surface area contributed by atoms with Gasteiger partial charge in [-0.3, -0.25) is 0 Å². The molecule has 92 valence electrons. The maximum atomic E-state index is 2.38. The molecule has 1 heteroatoms. The molecule has 0 aromatic heterocycles. The van der Waals surface area contributed by atoms with Gasteiger partial charge in [0.2, 0.25) is 0 Å². The van der Waals surface area contributed by atoms with E-state index in [4.69, 9.17) is 0 Å². The van der Waals surface area contributed by atoms with E-state index in [1.807, 2.05) is 0 Å². The summed E-state index contributed by atoms with van der Waals surface area (Å²) in [6, 6.07) is 0. The minimum absolute atomic E-state index is 0.948. The van der Waals surface area contributed by atoms with E-state index in [9.17, 15) is 0 Å². The van der Waals surface area contributed by atoms with Crippen molar-refractivity contribution in [1.82, 2.24) is 0 Å². The van der Waals surface area contributed by atoms with Gasteiger partial charge in [-0.25, -0.2) is 0 Å². The van der Waals surface area contributed by atoms with Crippen molar-refractivity contribution in [3.05, 3.63) is 0 Å². The predicted molar refractivity (Wildman–Crippen MR) is 74.8 cm³/mol. The van der Waals surface area contributed by atoms with Gasteiger partial charge < -0.3 is 0 Å². The van der Waals surface area contributed by atoms with Crippen LogP contribution in [0.5, 0.6) is 0 Å². The van der Waals surface area contributed by atoms with E-state index in [2.05, 4.69) is 32.5 Å². The first-order chi connectivity index (χ1) is 7.31. The summed E-state index contributed by atoms with van der Waals surface area (Å²) >= 11 is 2.15. The summed E-state index contributed by atoms with van der Waals surface area (Å²) in [6.07, 6.45) is 11.4. The lowest BCUT2D eigenvalue weighted by molar-refractivity contribution is 0.477. The van der Waals surface area contributed by atoms with E-state index >= 15 is 0 Å². The topological polar surface area (TPSA) is 0 Å². The van der Waals surface area contributed by atoms with Crippen LogP contribution in [0.2, 0.25) is 0 Å². The van der Waals surface area contributed by atoms with Crippen LogP contribution in [-0.4, -0.2) is 11.5 Å². The van der Waals surface area contributed by atoms with Crippen LogP contribution in [0, 0.1) is 5.92 Å². The molecule has 0 radical (unpaired) electrons. The zero-order valence-corrected chi connectivity index (χ0v) is 11.9. The molecule has 0 N–H and O–H groups in total. The molecule has 0 bridgehead atoms. The second kappa shape index (κ2) is 12.4. The summed E-state index contributed by atoms with van der Waals surface area (Å²) in [6.45, 7) is 6.95. The second-order valence-electron chi connectivity index (χ2n) is 4.68. The smallest absolute Gasteiger partial charge is 0.00675 e. The number of rotatable bonds is 11. The van der Waals surface area contributed by atoms with Crippen molar-refractivity contribution in [2.24, 2.45) is 5.92 Å². The molecule has 0 saturated heterocycles. The van der Waals surface area contributed by atoms with Gasteiger partial charge in [0.05, 0.1) is 0 Å². The fraction of sp³-hybridized carbons (Fsp3) is 1.00. The number of unbranched alkanes of at least 4 members (excludes halogenated alkanes) is 4. The van der Waals surface area contributed by atoms with Gasteiger partial charge in [0.25, 0.3) is 0 Å². The normalized spacial score (nSPS) is 13.0. The molecule has 1 unspecified atom stereocenters. The molecule has 0 amide bonds. The Hall–Kier alpha value is 0.350. The molecular formula is C14H30S. The van der Waals surface area contributed by atoms with Crippen LogP contribution >= 0.6 is 11.8 Å². The van der Waals surface area contributed by atoms with Gasteiger partial charge >= 0.3 is 0 Å². The van der Waals surface area contributed by atoms with Crippen molar-refractivity contribution in [2.45, 2.75) is 72.1 Å². The van der Waals surface area contributed by atoms with Gasteiger partial charge in [-0.2, -0.15) is 11.8 Å². The molecule has 0 saturated carbocycles. The summed E-state index contributed by atoms with van der Waals surface area (Å²) in [5, 5.41) is 0. The molecule has 0 aromatic carbocycles. The Labute approximate surface area is 102 Å². The zero-order valence-electron chi connectivity index (χ0n) is 11.1. The van der Waals surface area contributed by atoms with Crippen LogP contribution in [-0.2, 0) is 0 Å². The SMILES string of the molecule is CCCCSCCCCCCC(C)CC. The Morgan fingerprint density at radius 1 is 0.867 bits per heavy atom. The first-order valence-corrected chi connectivity index (χ1v) is 8.04. The second-order valence-corrected chi connectivity index (χ2v) is 5.91. The van der Waals surface area contributed by atoms with Gasteiger partial charge in [0.1, 0.15) is 0 Å². The quantitative estimate of drug-likeness (QED) is 0.421. The van der Waals surface area contributed by atoms with Crippen LogP contribution in [0.1, 0.15) is 72.1 Å². The average molecular weight is 230 g/mol. The monoisotopic (exact) mass is 230 g/mol. The van der Waals surface area contributed by atoms with Crippen molar-refractivity contribution in [3.8, 4) is 0 Å². The Bertz CT molecular complexity index is 112. The maximum Gasteiger partial charge on any atom is -0.00675 e. The lowest BCUT2D eigenvalue weighted by atomic mass is 10.0. The first-order valence-electron chi connectivity index (χ1n) is 6.89. The summed E-state index contributed by atoms with van der Waals surface area (Å²) in [4.78, 5) is 0. The minimum Gasteiger partial charge on any atom is -0.162 e. The summed E-state index contributed by atoms with van der Waals surface area (Å²) in [5.74, 6) is 3.72. The van der Waals surface area contributed by atoms with Crippen LogP contribution < -0.4 is 0 Å². The fourth-order valence-corrected chi connectivity index (χ4v) is 2.71. The van der Waals surface area contributed by atoms with E-state index < -0.39 is 0 Å². The van der Waals surface area contributed by atoms with E-state index in [0.29, 0.717) is 0 Å². The van der Waals surface area contributed by atoms with Gasteiger partial charge in [0, 0.05) is 0 Å². The molecule has 0 aliphatic heterocycles. The Morgan fingerprint density at radius 2 is 1.53 bits per heavy atom. The molecule has 0 aliphatic rings. The van der Waals surface area contributed by atoms with E-state index in [-0.39, 0.29) is 0 Å². The number of hydrogen-bond acceptors (Lipinski definition) is 1. The standard InChI is InChI=1S/C14H30S/c1-4-6-12-15-13-10-8-7-9-11-14(3)5-2/h14H,4-13H2,1-3H3. The highest BCUT2D eigenvalue weighted by atomic mass is 32.2. The Morgan fingerprint density at radius 3 is 2.20 bits per heavy atom. The van der Waals surface area contributed by atoms with Gasteiger partial charge in [-0.1, -0.05) is 59.3 Å². The van der Waals surface area contributed by atoms with Crippen molar-refractivity contribution in [2.75, 3.05) is 11.5 Å². The third kappa shape index (κ3) is 12.3. The molecule has 1 atom stereocenters. The van der Waals surface area contributed by atoms with Crippen molar-refractivity contribution < 1.29 is 0 Å². The van der Waals surface area contributed by atoms with E-state index in [0.717, 1.165) is 5.92 Å². The largest absolute Gasteiger partial charge is 0.162 e. The van der Waals surface area contributed by atoms with Crippen molar-refractivity contribution in [1.29, 1.82) is 0 Å². The highest BCUT2D eigenvalue weighted by Crippen LogP contribution is 2.14. The Balaban J connectivity index is 2.92.